The van der Waals surface area contributed by atoms with Crippen molar-refractivity contribution in [1.29, 1.82) is 0 Å². The van der Waals surface area contributed by atoms with Crippen LogP contribution in [0.2, 0.25) is 0 Å². The molecule has 2 atom stereocenters. The van der Waals surface area contributed by atoms with Crippen molar-refractivity contribution in [2.75, 3.05) is 0 Å². The van der Waals surface area contributed by atoms with Gasteiger partial charge in [0.05, 0.1) is 0 Å². The molecule has 0 aliphatic carbocycles. The van der Waals surface area contributed by atoms with Crippen molar-refractivity contribution < 1.29 is 0 Å². The summed E-state index contributed by atoms with van der Waals surface area (Å²) in [4.78, 5) is 5.01. The van der Waals surface area contributed by atoms with E-state index < -0.39 is 0 Å². The average Bonchev–Trinajstić information content (AvgIpc) is 2.38. The summed E-state index contributed by atoms with van der Waals surface area (Å²) in [5.41, 5.74) is 1.20. The largest absolute Gasteiger partial charge is 0.261 e. The Hall–Kier alpha value is -0.370. The first-order valence-electron chi connectivity index (χ1n) is 6.75. The van der Waals surface area contributed by atoms with E-state index in [9.17, 15) is 0 Å². The van der Waals surface area contributed by atoms with Crippen LogP contribution in [0.3, 0.4) is 0 Å². The molecule has 0 amide bonds. The topological polar surface area (TPSA) is 12.9 Å². The second kappa shape index (κ2) is 7.86. The van der Waals surface area contributed by atoms with Gasteiger partial charge in [-0.1, -0.05) is 55.6 Å². The van der Waals surface area contributed by atoms with Crippen LogP contribution in [0.25, 0.3) is 0 Å². The molecule has 0 bridgehead atoms. The molecule has 2 heteroatoms. The second-order valence-corrected chi connectivity index (χ2v) is 5.88. The SMILES string of the molecule is CCCC(CCC)C(Br)C(C)c1ccccn1. The lowest BCUT2D eigenvalue weighted by molar-refractivity contribution is 0.400. The molecule has 0 aliphatic rings. The summed E-state index contributed by atoms with van der Waals surface area (Å²) in [5.74, 6) is 1.25. The smallest absolute Gasteiger partial charge is 0.0442 e. The van der Waals surface area contributed by atoms with E-state index in [0.29, 0.717) is 10.7 Å². The van der Waals surface area contributed by atoms with Crippen molar-refractivity contribution in [1.82, 2.24) is 4.98 Å². The van der Waals surface area contributed by atoms with Gasteiger partial charge in [-0.25, -0.2) is 0 Å². The second-order valence-electron chi connectivity index (χ2n) is 4.83. The van der Waals surface area contributed by atoms with Crippen LogP contribution < -0.4 is 0 Å². The van der Waals surface area contributed by atoms with Gasteiger partial charge in [-0.2, -0.15) is 0 Å². The molecule has 96 valence electrons. The molecular formula is C15H24BrN. The molecule has 0 saturated carbocycles. The van der Waals surface area contributed by atoms with Crippen LogP contribution >= 0.6 is 15.9 Å². The molecular weight excluding hydrogens is 274 g/mol. The van der Waals surface area contributed by atoms with Gasteiger partial charge < -0.3 is 0 Å². The maximum absolute atomic E-state index is 4.47. The molecule has 17 heavy (non-hydrogen) atoms. The van der Waals surface area contributed by atoms with E-state index in [4.69, 9.17) is 0 Å². The molecule has 1 aromatic rings. The fourth-order valence-electron chi connectivity index (χ4n) is 2.42. The molecule has 0 aromatic carbocycles. The quantitative estimate of drug-likeness (QED) is 0.633. The maximum atomic E-state index is 4.47. The zero-order chi connectivity index (χ0) is 12.7. The number of halogens is 1. The van der Waals surface area contributed by atoms with Crippen molar-refractivity contribution in [3.63, 3.8) is 0 Å². The van der Waals surface area contributed by atoms with Crippen LogP contribution in [0.5, 0.6) is 0 Å². The minimum absolute atomic E-state index is 0.485. The third-order valence-electron chi connectivity index (χ3n) is 3.40. The van der Waals surface area contributed by atoms with Crippen molar-refractivity contribution in [2.45, 2.75) is 57.2 Å². The fourth-order valence-corrected chi connectivity index (χ4v) is 3.22. The normalized spacial score (nSPS) is 14.9. The zero-order valence-corrected chi connectivity index (χ0v) is 12.8. The summed E-state index contributed by atoms with van der Waals surface area (Å²) in [6, 6.07) is 6.19. The van der Waals surface area contributed by atoms with Crippen LogP contribution in [0.1, 0.15) is 58.1 Å². The summed E-state index contributed by atoms with van der Waals surface area (Å²) < 4.78 is 0. The Balaban J connectivity index is 2.69. The Morgan fingerprint density at radius 1 is 1.18 bits per heavy atom. The van der Waals surface area contributed by atoms with E-state index in [1.165, 1.54) is 31.4 Å². The highest BCUT2D eigenvalue weighted by molar-refractivity contribution is 9.09. The Kier molecular flexibility index (Phi) is 6.79. The lowest BCUT2D eigenvalue weighted by Gasteiger charge is -2.26. The third kappa shape index (κ3) is 4.42. The molecule has 1 rings (SSSR count). The number of alkyl halides is 1. The fraction of sp³-hybridized carbons (Fsp3) is 0.667. The van der Waals surface area contributed by atoms with Crippen molar-refractivity contribution in [3.8, 4) is 0 Å². The van der Waals surface area contributed by atoms with Gasteiger partial charge in [0, 0.05) is 22.6 Å². The van der Waals surface area contributed by atoms with Crippen molar-refractivity contribution in [2.24, 2.45) is 5.92 Å². The highest BCUT2D eigenvalue weighted by Gasteiger charge is 2.24. The summed E-state index contributed by atoms with van der Waals surface area (Å²) in [6.07, 6.45) is 7.03. The summed E-state index contributed by atoms with van der Waals surface area (Å²) in [7, 11) is 0. The Morgan fingerprint density at radius 3 is 2.29 bits per heavy atom. The highest BCUT2D eigenvalue weighted by Crippen LogP contribution is 2.33. The summed E-state index contributed by atoms with van der Waals surface area (Å²) in [6.45, 7) is 6.82. The van der Waals surface area contributed by atoms with Crippen LogP contribution in [0, 0.1) is 5.92 Å². The molecule has 2 unspecified atom stereocenters. The first-order chi connectivity index (χ1) is 8.20. The first-order valence-corrected chi connectivity index (χ1v) is 7.67. The van der Waals surface area contributed by atoms with Gasteiger partial charge >= 0.3 is 0 Å². The van der Waals surface area contributed by atoms with Gasteiger partial charge in [0.25, 0.3) is 0 Å². The number of hydrogen-bond acceptors (Lipinski definition) is 1. The van der Waals surface area contributed by atoms with E-state index in [0.717, 1.165) is 5.92 Å². The van der Waals surface area contributed by atoms with Crippen LogP contribution in [-0.4, -0.2) is 9.81 Å². The van der Waals surface area contributed by atoms with Gasteiger partial charge in [-0.15, -0.1) is 0 Å². The molecule has 0 aliphatic heterocycles. The number of rotatable bonds is 7. The van der Waals surface area contributed by atoms with Gasteiger partial charge in [0.1, 0.15) is 0 Å². The zero-order valence-electron chi connectivity index (χ0n) is 11.2. The molecule has 1 nitrogen and oxygen atoms in total. The van der Waals surface area contributed by atoms with E-state index in [1.54, 1.807) is 0 Å². The lowest BCUT2D eigenvalue weighted by Crippen LogP contribution is -2.21. The molecule has 0 radical (unpaired) electrons. The Bertz CT molecular complexity index is 293. The predicted octanol–water partition coefficient (Wildman–Crippen LogP) is 5.17. The van der Waals surface area contributed by atoms with Crippen molar-refractivity contribution in [3.05, 3.63) is 30.1 Å². The minimum Gasteiger partial charge on any atom is -0.261 e. The van der Waals surface area contributed by atoms with E-state index in [-0.39, 0.29) is 0 Å². The summed E-state index contributed by atoms with van der Waals surface area (Å²) >= 11 is 3.91. The average molecular weight is 298 g/mol. The summed E-state index contributed by atoms with van der Waals surface area (Å²) in [5, 5.41) is 0. The predicted molar refractivity (Wildman–Crippen MR) is 78.7 cm³/mol. The van der Waals surface area contributed by atoms with Crippen molar-refractivity contribution >= 4 is 15.9 Å². The number of nitrogens with zero attached hydrogens (tertiary/aromatic N) is 1. The standard InChI is InChI=1S/C15H24BrN/c1-4-8-13(9-5-2)15(16)12(3)14-10-6-7-11-17-14/h6-7,10-13,15H,4-5,8-9H2,1-3H3. The van der Waals surface area contributed by atoms with E-state index in [1.807, 2.05) is 12.3 Å². The van der Waals surface area contributed by atoms with Gasteiger partial charge in [0.2, 0.25) is 0 Å². The lowest BCUT2D eigenvalue weighted by atomic mass is 9.87. The van der Waals surface area contributed by atoms with E-state index in [2.05, 4.69) is 53.8 Å². The van der Waals surface area contributed by atoms with Gasteiger partial charge in [-0.05, 0) is 30.9 Å². The molecule has 0 spiro atoms. The monoisotopic (exact) mass is 297 g/mol. The molecule has 1 heterocycles. The van der Waals surface area contributed by atoms with Gasteiger partial charge in [-0.3, -0.25) is 4.98 Å². The Labute approximate surface area is 114 Å². The minimum atomic E-state index is 0.485. The van der Waals surface area contributed by atoms with Crippen LogP contribution in [0.15, 0.2) is 24.4 Å². The van der Waals surface area contributed by atoms with Gasteiger partial charge in [0.15, 0.2) is 0 Å². The van der Waals surface area contributed by atoms with Crippen LogP contribution in [0.4, 0.5) is 0 Å². The Morgan fingerprint density at radius 2 is 1.82 bits per heavy atom. The highest BCUT2D eigenvalue weighted by atomic mass is 79.9. The molecule has 0 N–H and O–H groups in total. The van der Waals surface area contributed by atoms with Crippen LogP contribution in [-0.2, 0) is 0 Å². The number of aromatic nitrogens is 1. The molecule has 1 aromatic heterocycles. The third-order valence-corrected chi connectivity index (χ3v) is 4.94. The number of hydrogen-bond donors (Lipinski definition) is 0. The molecule has 0 fully saturated rings. The first kappa shape index (κ1) is 14.7. The maximum Gasteiger partial charge on any atom is 0.0442 e. The number of pyridine rings is 1. The molecule has 0 saturated heterocycles. The van der Waals surface area contributed by atoms with E-state index >= 15 is 0 Å².